The number of fused-ring (bicyclic) bond motifs is 2. The molecule has 0 spiro atoms. The molecule has 0 unspecified atom stereocenters. The van der Waals surface area contributed by atoms with Crippen LogP contribution in [0.1, 0.15) is 79.6 Å². The Bertz CT molecular complexity index is 499. The monoisotopic (exact) mass is 322 g/mol. The molecule has 0 aromatic rings. The minimum absolute atomic E-state index is 0.0778. The Kier molecular flexibility index (Phi) is 3.37. The minimum Gasteiger partial charge on any atom is -0.390 e. The van der Waals surface area contributed by atoms with Crippen molar-refractivity contribution in [3.63, 3.8) is 0 Å². The quantitative estimate of drug-likeness (QED) is 0.797. The predicted molar refractivity (Wildman–Crippen MR) is 90.3 cm³/mol. The van der Waals surface area contributed by atoms with Crippen LogP contribution in [0.4, 0.5) is 0 Å². The third-order valence-electron chi connectivity index (χ3n) is 7.77. The minimum atomic E-state index is -0.508. The number of hydrogen-bond donors (Lipinski definition) is 1. The lowest BCUT2D eigenvalue weighted by Crippen LogP contribution is -2.34. The molecule has 4 rings (SSSR count). The van der Waals surface area contributed by atoms with Crippen molar-refractivity contribution in [3.05, 3.63) is 0 Å². The Labute approximate surface area is 141 Å². The average Bonchev–Trinajstić information content (AvgIpc) is 3.32. The number of hydrogen-bond acceptors (Lipinski definition) is 3. The Morgan fingerprint density at radius 3 is 2.30 bits per heavy atom. The van der Waals surface area contributed by atoms with Gasteiger partial charge >= 0.3 is 0 Å². The van der Waals surface area contributed by atoms with Gasteiger partial charge in [-0.3, -0.25) is 0 Å². The van der Waals surface area contributed by atoms with Crippen molar-refractivity contribution in [1.29, 1.82) is 0 Å². The van der Waals surface area contributed by atoms with E-state index in [0.717, 1.165) is 19.3 Å². The summed E-state index contributed by atoms with van der Waals surface area (Å²) in [6.07, 6.45) is 8.72. The van der Waals surface area contributed by atoms with E-state index >= 15 is 0 Å². The van der Waals surface area contributed by atoms with Crippen molar-refractivity contribution in [2.45, 2.75) is 109 Å². The second-order valence-corrected chi connectivity index (χ2v) is 10.2. The molecule has 2 saturated heterocycles. The third kappa shape index (κ3) is 2.87. The summed E-state index contributed by atoms with van der Waals surface area (Å²) < 4.78 is 11.8. The van der Waals surface area contributed by atoms with Crippen LogP contribution in [-0.4, -0.2) is 34.1 Å². The zero-order valence-electron chi connectivity index (χ0n) is 15.5. The lowest BCUT2D eigenvalue weighted by molar-refractivity contribution is 0.00707. The molecular formula is C20H34O3. The maximum atomic E-state index is 11.0. The van der Waals surface area contributed by atoms with Crippen molar-refractivity contribution in [3.8, 4) is 0 Å². The molecule has 2 saturated carbocycles. The summed E-state index contributed by atoms with van der Waals surface area (Å²) in [4.78, 5) is 0. The fourth-order valence-corrected chi connectivity index (χ4v) is 5.37. The van der Waals surface area contributed by atoms with Crippen LogP contribution < -0.4 is 0 Å². The molecule has 0 bridgehead atoms. The summed E-state index contributed by atoms with van der Waals surface area (Å²) in [5.41, 5.74) is -0.00902. The molecule has 4 fully saturated rings. The first-order chi connectivity index (χ1) is 10.6. The Balaban J connectivity index is 1.48. The average molecular weight is 322 g/mol. The number of aliphatic hydroxyl groups is 1. The highest BCUT2D eigenvalue weighted by Gasteiger charge is 2.61. The van der Waals surface area contributed by atoms with Crippen LogP contribution in [0.25, 0.3) is 0 Å². The molecule has 0 aromatic heterocycles. The van der Waals surface area contributed by atoms with Crippen molar-refractivity contribution in [2.24, 2.45) is 17.3 Å². The van der Waals surface area contributed by atoms with Gasteiger partial charge in [0.25, 0.3) is 0 Å². The molecule has 23 heavy (non-hydrogen) atoms. The van der Waals surface area contributed by atoms with E-state index in [2.05, 4.69) is 34.6 Å². The maximum Gasteiger partial charge on any atom is 0.0920 e. The largest absolute Gasteiger partial charge is 0.390 e. The first-order valence-electron chi connectivity index (χ1n) is 9.64. The zero-order chi connectivity index (χ0) is 16.7. The summed E-state index contributed by atoms with van der Waals surface area (Å²) in [5.74, 6) is 1.17. The number of epoxide rings is 2. The fourth-order valence-electron chi connectivity index (χ4n) is 5.37. The summed E-state index contributed by atoms with van der Waals surface area (Å²) in [6, 6.07) is 0. The Morgan fingerprint density at radius 1 is 0.957 bits per heavy atom. The highest BCUT2D eigenvalue weighted by atomic mass is 16.6. The van der Waals surface area contributed by atoms with Crippen LogP contribution >= 0.6 is 0 Å². The smallest absolute Gasteiger partial charge is 0.0920 e. The SMILES string of the molecule is CC1(C)O[C@@H]1CC[C@]1(C)CC[C@@]2(C)O[C@@H]2CC[C@@](C)(O)[C@@H]2C[C@H]21. The predicted octanol–water partition coefficient (Wildman–Crippen LogP) is 4.07. The third-order valence-corrected chi connectivity index (χ3v) is 7.77. The first-order valence-corrected chi connectivity index (χ1v) is 9.64. The summed E-state index contributed by atoms with van der Waals surface area (Å²) in [6.45, 7) is 11.2. The van der Waals surface area contributed by atoms with Gasteiger partial charge in [0, 0.05) is 0 Å². The van der Waals surface area contributed by atoms with Crippen LogP contribution in [0.5, 0.6) is 0 Å². The summed E-state index contributed by atoms with van der Waals surface area (Å²) in [7, 11) is 0. The van der Waals surface area contributed by atoms with Gasteiger partial charge in [0.15, 0.2) is 0 Å². The van der Waals surface area contributed by atoms with Gasteiger partial charge < -0.3 is 14.6 Å². The molecule has 2 aliphatic carbocycles. The maximum absolute atomic E-state index is 11.0. The lowest BCUT2D eigenvalue weighted by atomic mass is 9.71. The van der Waals surface area contributed by atoms with Crippen LogP contribution in [0.2, 0.25) is 0 Å². The second-order valence-electron chi connectivity index (χ2n) is 10.2. The van der Waals surface area contributed by atoms with Crippen molar-refractivity contribution in [1.82, 2.24) is 0 Å². The van der Waals surface area contributed by atoms with E-state index in [9.17, 15) is 5.11 Å². The first kappa shape index (κ1) is 16.4. The van der Waals surface area contributed by atoms with Crippen molar-refractivity contribution in [2.75, 3.05) is 0 Å². The fraction of sp³-hybridized carbons (Fsp3) is 1.00. The van der Waals surface area contributed by atoms with Gasteiger partial charge in [-0.2, -0.15) is 0 Å². The van der Waals surface area contributed by atoms with Crippen LogP contribution in [0, 0.1) is 17.3 Å². The van der Waals surface area contributed by atoms with Crippen LogP contribution in [-0.2, 0) is 9.47 Å². The van der Waals surface area contributed by atoms with Crippen molar-refractivity contribution >= 4 is 0 Å². The van der Waals surface area contributed by atoms with E-state index in [1.54, 1.807) is 0 Å². The summed E-state index contributed by atoms with van der Waals surface area (Å²) in [5, 5.41) is 11.0. The summed E-state index contributed by atoms with van der Waals surface area (Å²) >= 11 is 0. The van der Waals surface area contributed by atoms with E-state index in [4.69, 9.17) is 9.47 Å². The van der Waals surface area contributed by atoms with Gasteiger partial charge in [0.1, 0.15) is 0 Å². The van der Waals surface area contributed by atoms with E-state index < -0.39 is 5.60 Å². The lowest BCUT2D eigenvalue weighted by Gasteiger charge is -2.35. The molecule has 2 aliphatic heterocycles. The van der Waals surface area contributed by atoms with Gasteiger partial charge in [-0.05, 0) is 89.9 Å². The molecule has 0 aromatic carbocycles. The highest BCUT2D eigenvalue weighted by Crippen LogP contribution is 2.63. The standard InChI is InChI=1S/C20H34O3/c1-17(2)15(22-17)6-8-18(3)10-11-20(5)16(23-20)7-9-19(4,21)14-12-13(14)18/h13-16,21H,6-12H2,1-5H3/t13-,14-,15-,16-,18-,19-,20-/m1/s1. The molecule has 3 heteroatoms. The van der Waals surface area contributed by atoms with E-state index in [1.807, 2.05) is 0 Å². The Morgan fingerprint density at radius 2 is 1.65 bits per heavy atom. The van der Waals surface area contributed by atoms with Gasteiger partial charge in [0.2, 0.25) is 0 Å². The normalized spacial score (nSPS) is 57.1. The van der Waals surface area contributed by atoms with E-state index in [0.29, 0.717) is 29.5 Å². The molecule has 132 valence electrons. The van der Waals surface area contributed by atoms with E-state index in [-0.39, 0.29) is 11.2 Å². The second kappa shape index (κ2) is 4.74. The molecule has 0 amide bonds. The van der Waals surface area contributed by atoms with Crippen LogP contribution in [0.3, 0.4) is 0 Å². The Hall–Kier alpha value is -0.120. The molecule has 2 heterocycles. The highest BCUT2D eigenvalue weighted by molar-refractivity contribution is 5.10. The van der Waals surface area contributed by atoms with Gasteiger partial charge in [-0.25, -0.2) is 0 Å². The number of rotatable bonds is 3. The van der Waals surface area contributed by atoms with Crippen molar-refractivity contribution < 1.29 is 14.6 Å². The molecule has 0 radical (unpaired) electrons. The van der Waals surface area contributed by atoms with Gasteiger partial charge in [0.05, 0.1) is 29.0 Å². The molecule has 1 N–H and O–H groups in total. The number of ether oxygens (including phenoxy) is 2. The van der Waals surface area contributed by atoms with E-state index in [1.165, 1.54) is 25.7 Å². The molecular weight excluding hydrogens is 288 g/mol. The molecule has 7 atom stereocenters. The van der Waals surface area contributed by atoms with Crippen LogP contribution in [0.15, 0.2) is 0 Å². The molecule has 4 aliphatic rings. The molecule has 3 nitrogen and oxygen atoms in total. The van der Waals surface area contributed by atoms with Gasteiger partial charge in [-0.15, -0.1) is 0 Å². The van der Waals surface area contributed by atoms with Gasteiger partial charge in [-0.1, -0.05) is 6.92 Å². The zero-order valence-corrected chi connectivity index (χ0v) is 15.5. The topological polar surface area (TPSA) is 45.3 Å².